The number of hydrogen-bond acceptors (Lipinski definition) is 3. The summed E-state index contributed by atoms with van der Waals surface area (Å²) in [7, 11) is 0. The zero-order chi connectivity index (χ0) is 9.23. The molecule has 0 N–H and O–H groups in total. The maximum atomic E-state index is 10.6. The zero-order valence-corrected chi connectivity index (χ0v) is 7.54. The molecule has 0 radical (unpaired) electrons. The molecule has 0 aromatic carbocycles. The van der Waals surface area contributed by atoms with E-state index >= 15 is 0 Å². The molecule has 0 fully saturated rings. The molecule has 74 valence electrons. The summed E-state index contributed by atoms with van der Waals surface area (Å²) in [6, 6.07) is 0. The van der Waals surface area contributed by atoms with Crippen LogP contribution in [0.15, 0.2) is 0 Å². The minimum absolute atomic E-state index is 0. The van der Waals surface area contributed by atoms with E-state index in [0.717, 1.165) is 19.3 Å². The van der Waals surface area contributed by atoms with Crippen molar-refractivity contribution in [3.8, 4) is 0 Å². The Balaban J connectivity index is -0.000000605. The van der Waals surface area contributed by atoms with Crippen LogP contribution in [0, 0.1) is 0 Å². The second-order valence-corrected chi connectivity index (χ2v) is 2.75. The minimum atomic E-state index is -0.415. The van der Waals surface area contributed by atoms with Crippen LogP contribution in [0.2, 0.25) is 0 Å². The summed E-state index contributed by atoms with van der Waals surface area (Å²) < 4.78 is 4.13. The molecule has 5 heteroatoms. The SMILES string of the molecule is CCCCCCCC(=O)OC=O.[KH].[KH]. The average molecular weight is 252 g/mol. The molecular formula is C9H18K2O3. The van der Waals surface area contributed by atoms with E-state index in [-0.39, 0.29) is 109 Å². The third-order valence-electron chi connectivity index (χ3n) is 1.66. The van der Waals surface area contributed by atoms with Crippen molar-refractivity contribution >= 4 is 115 Å². The third kappa shape index (κ3) is 16.8. The average Bonchev–Trinajstić information content (AvgIpc) is 2.05. The van der Waals surface area contributed by atoms with E-state index in [1.807, 2.05) is 0 Å². The van der Waals surface area contributed by atoms with Crippen LogP contribution in [0.5, 0.6) is 0 Å². The molecule has 0 saturated carbocycles. The fraction of sp³-hybridized carbons (Fsp3) is 0.778. The Morgan fingerprint density at radius 2 is 1.71 bits per heavy atom. The molecule has 0 aliphatic heterocycles. The zero-order valence-electron chi connectivity index (χ0n) is 7.54. The van der Waals surface area contributed by atoms with Gasteiger partial charge in [-0.05, 0) is 6.42 Å². The quantitative estimate of drug-likeness (QED) is 0.221. The maximum absolute atomic E-state index is 10.6. The molecule has 0 heterocycles. The van der Waals surface area contributed by atoms with Crippen LogP contribution < -0.4 is 0 Å². The van der Waals surface area contributed by atoms with Gasteiger partial charge in [-0.3, -0.25) is 9.59 Å². The summed E-state index contributed by atoms with van der Waals surface area (Å²) in [6.07, 6.45) is 5.79. The molecule has 0 bridgehead atoms. The second-order valence-electron chi connectivity index (χ2n) is 2.75. The molecule has 14 heavy (non-hydrogen) atoms. The Kier molecular flexibility index (Phi) is 27.5. The van der Waals surface area contributed by atoms with E-state index in [1.165, 1.54) is 12.8 Å². The van der Waals surface area contributed by atoms with E-state index in [1.54, 1.807) is 0 Å². The number of hydrogen-bond donors (Lipinski definition) is 0. The van der Waals surface area contributed by atoms with E-state index in [2.05, 4.69) is 11.7 Å². The summed E-state index contributed by atoms with van der Waals surface area (Å²) in [6.45, 7) is 2.33. The Labute approximate surface area is 171 Å². The molecule has 0 atom stereocenters. The molecule has 0 unspecified atom stereocenters. The van der Waals surface area contributed by atoms with Gasteiger partial charge in [0.1, 0.15) is 0 Å². The van der Waals surface area contributed by atoms with Gasteiger partial charge >= 0.3 is 115 Å². The first-order valence-corrected chi connectivity index (χ1v) is 4.44. The summed E-state index contributed by atoms with van der Waals surface area (Å²) in [5.74, 6) is -0.415. The number of rotatable bonds is 7. The molecule has 0 aromatic heterocycles. The van der Waals surface area contributed by atoms with Crippen LogP contribution in [-0.2, 0) is 14.3 Å². The van der Waals surface area contributed by atoms with Crippen molar-refractivity contribution in [3.63, 3.8) is 0 Å². The Morgan fingerprint density at radius 3 is 2.21 bits per heavy atom. The van der Waals surface area contributed by atoms with Crippen molar-refractivity contribution in [1.82, 2.24) is 0 Å². The Hall–Kier alpha value is 2.41. The van der Waals surface area contributed by atoms with Crippen LogP contribution in [-0.4, -0.2) is 115 Å². The molecule has 0 saturated heterocycles. The monoisotopic (exact) mass is 252 g/mol. The number of ether oxygens (including phenoxy) is 1. The first kappa shape index (κ1) is 21.7. The van der Waals surface area contributed by atoms with E-state index in [0.29, 0.717) is 6.42 Å². The first-order valence-electron chi connectivity index (χ1n) is 4.44. The van der Waals surface area contributed by atoms with E-state index in [9.17, 15) is 9.59 Å². The van der Waals surface area contributed by atoms with Crippen LogP contribution in [0.25, 0.3) is 0 Å². The number of unbranched alkanes of at least 4 members (excludes halogenated alkanes) is 4. The van der Waals surface area contributed by atoms with Crippen molar-refractivity contribution in [1.29, 1.82) is 0 Å². The Morgan fingerprint density at radius 1 is 1.14 bits per heavy atom. The van der Waals surface area contributed by atoms with Crippen molar-refractivity contribution in [2.24, 2.45) is 0 Å². The molecule has 3 nitrogen and oxygen atoms in total. The fourth-order valence-electron chi connectivity index (χ4n) is 0.985. The molecule has 0 aliphatic carbocycles. The van der Waals surface area contributed by atoms with Crippen LogP contribution in [0.3, 0.4) is 0 Å². The van der Waals surface area contributed by atoms with Crippen molar-refractivity contribution in [2.45, 2.75) is 45.4 Å². The van der Waals surface area contributed by atoms with Crippen LogP contribution in [0.4, 0.5) is 0 Å². The number of carbonyl (C=O) groups excluding carboxylic acids is 2. The number of carbonyl (C=O) groups is 2. The van der Waals surface area contributed by atoms with Crippen molar-refractivity contribution in [2.75, 3.05) is 0 Å². The van der Waals surface area contributed by atoms with Gasteiger partial charge in [-0.15, -0.1) is 0 Å². The standard InChI is InChI=1S/C9H16O3.2K.2H/c1-2-3-4-5-6-7-9(11)12-8-10;;;;/h8H,2-7H2,1H3;;;;. The van der Waals surface area contributed by atoms with Gasteiger partial charge in [0, 0.05) is 6.42 Å². The second kappa shape index (κ2) is 17.8. The summed E-state index contributed by atoms with van der Waals surface area (Å²) in [4.78, 5) is 20.3. The van der Waals surface area contributed by atoms with Gasteiger partial charge in [0.2, 0.25) is 0 Å². The van der Waals surface area contributed by atoms with Crippen LogP contribution >= 0.6 is 0 Å². The van der Waals surface area contributed by atoms with Gasteiger partial charge in [0.15, 0.2) is 0 Å². The van der Waals surface area contributed by atoms with Gasteiger partial charge in [0.05, 0.1) is 0 Å². The molecule has 0 aromatic rings. The first-order chi connectivity index (χ1) is 5.81. The molecular weight excluding hydrogens is 234 g/mol. The normalized spacial score (nSPS) is 8.07. The van der Waals surface area contributed by atoms with Crippen molar-refractivity contribution in [3.05, 3.63) is 0 Å². The summed E-state index contributed by atoms with van der Waals surface area (Å²) in [5.41, 5.74) is 0. The number of esters is 1. The van der Waals surface area contributed by atoms with E-state index in [4.69, 9.17) is 0 Å². The van der Waals surface area contributed by atoms with Gasteiger partial charge in [-0.25, -0.2) is 0 Å². The van der Waals surface area contributed by atoms with Crippen molar-refractivity contribution < 1.29 is 14.3 Å². The van der Waals surface area contributed by atoms with Crippen LogP contribution in [0.1, 0.15) is 45.4 Å². The third-order valence-corrected chi connectivity index (χ3v) is 1.66. The predicted molar refractivity (Wildman–Crippen MR) is 59.8 cm³/mol. The van der Waals surface area contributed by atoms with Gasteiger partial charge in [-0.2, -0.15) is 0 Å². The molecule has 0 amide bonds. The summed E-state index contributed by atoms with van der Waals surface area (Å²) in [5, 5.41) is 0. The Bertz CT molecular complexity index is 140. The molecule has 0 rings (SSSR count). The van der Waals surface area contributed by atoms with Gasteiger partial charge in [0.25, 0.3) is 0 Å². The van der Waals surface area contributed by atoms with E-state index < -0.39 is 5.97 Å². The molecule has 0 aliphatic rings. The van der Waals surface area contributed by atoms with Gasteiger partial charge in [-0.1, -0.05) is 32.6 Å². The predicted octanol–water partition coefficient (Wildman–Crippen LogP) is 0.749. The molecule has 0 spiro atoms. The summed E-state index contributed by atoms with van der Waals surface area (Å²) >= 11 is 0. The topological polar surface area (TPSA) is 43.4 Å². The fourth-order valence-corrected chi connectivity index (χ4v) is 0.985. The van der Waals surface area contributed by atoms with Gasteiger partial charge < -0.3 is 4.74 Å².